The van der Waals surface area contributed by atoms with E-state index in [1.165, 1.54) is 70.6 Å². The lowest BCUT2D eigenvalue weighted by molar-refractivity contribution is -0.167. The molecule has 0 rings (SSSR count). The van der Waals surface area contributed by atoms with E-state index in [4.69, 9.17) is 14.2 Å². The fourth-order valence-corrected chi connectivity index (χ4v) is 7.29. The summed E-state index contributed by atoms with van der Waals surface area (Å²) >= 11 is 0. The van der Waals surface area contributed by atoms with Crippen molar-refractivity contribution in [3.63, 3.8) is 0 Å². The van der Waals surface area contributed by atoms with Gasteiger partial charge in [-0.05, 0) is 103 Å². The molecule has 0 radical (unpaired) electrons. The number of hydrogen-bond acceptors (Lipinski definition) is 6. The van der Waals surface area contributed by atoms with Gasteiger partial charge >= 0.3 is 17.9 Å². The number of unbranched alkanes of at least 4 members (excludes halogenated alkanes) is 20. The van der Waals surface area contributed by atoms with Gasteiger partial charge in [0, 0.05) is 19.3 Å². The van der Waals surface area contributed by atoms with Crippen molar-refractivity contribution in [2.75, 3.05) is 13.2 Å². The summed E-state index contributed by atoms with van der Waals surface area (Å²) in [5.41, 5.74) is 0. The van der Waals surface area contributed by atoms with E-state index >= 15 is 0 Å². The van der Waals surface area contributed by atoms with Crippen molar-refractivity contribution in [2.45, 2.75) is 232 Å². The van der Waals surface area contributed by atoms with E-state index in [9.17, 15) is 14.4 Å². The van der Waals surface area contributed by atoms with Gasteiger partial charge in [-0.25, -0.2) is 0 Å². The second kappa shape index (κ2) is 57.9. The smallest absolute Gasteiger partial charge is 0.306 e. The third-order valence-corrected chi connectivity index (χ3v) is 11.5. The van der Waals surface area contributed by atoms with E-state index in [0.29, 0.717) is 25.7 Å². The van der Waals surface area contributed by atoms with E-state index in [1.54, 1.807) is 0 Å². The van der Waals surface area contributed by atoms with Gasteiger partial charge in [-0.15, -0.1) is 0 Å². The van der Waals surface area contributed by atoms with E-state index in [-0.39, 0.29) is 31.1 Å². The van der Waals surface area contributed by atoms with E-state index < -0.39 is 6.10 Å². The molecule has 71 heavy (non-hydrogen) atoms. The number of carbonyl (C=O) groups excluding carboxylic acids is 3. The average Bonchev–Trinajstić information content (AvgIpc) is 3.37. The zero-order valence-corrected chi connectivity index (χ0v) is 45.4. The fourth-order valence-electron chi connectivity index (χ4n) is 7.29. The topological polar surface area (TPSA) is 78.9 Å². The maximum atomic E-state index is 12.9. The van der Waals surface area contributed by atoms with Crippen LogP contribution in [0.1, 0.15) is 226 Å². The first-order chi connectivity index (χ1) is 35.0. The molecule has 0 saturated carbocycles. The van der Waals surface area contributed by atoms with Crippen LogP contribution in [-0.4, -0.2) is 37.2 Å². The zero-order valence-electron chi connectivity index (χ0n) is 45.4. The standard InChI is InChI=1S/C65H102O6/c1-4-7-10-13-16-19-22-25-28-31-33-35-37-40-43-46-49-52-55-58-64(67)70-61-62(60-69-63(66)57-54-51-48-45-42-39-36-30-27-24-21-18-15-12-9-6-3)71-65(68)59-56-53-50-47-44-41-38-34-32-29-26-23-20-17-14-11-8-5-2/h7,9-10,12-13,16,18-19,21-22,25,27-28,30-31,33-35,37-40,42-43,62H,4-6,8,11,14-15,17,20,23-24,26,29,32,36,41,44-61H2,1-3H3/b10-7-,12-9-,16-13-,21-18-,22-19-,28-25-,30-27-,33-31+,37-35-,38-34-,42-39-,43-40-. The van der Waals surface area contributed by atoms with Gasteiger partial charge in [0.25, 0.3) is 0 Å². The molecule has 0 aliphatic carbocycles. The molecule has 6 heteroatoms. The van der Waals surface area contributed by atoms with Crippen molar-refractivity contribution >= 4 is 17.9 Å². The van der Waals surface area contributed by atoms with Gasteiger partial charge in [0.2, 0.25) is 0 Å². The number of rotatable bonds is 49. The predicted octanol–water partition coefficient (Wildman–Crippen LogP) is 19.2. The van der Waals surface area contributed by atoms with Gasteiger partial charge in [-0.2, -0.15) is 0 Å². The highest BCUT2D eigenvalue weighted by molar-refractivity contribution is 5.71. The molecule has 0 heterocycles. The third kappa shape index (κ3) is 56.1. The minimum absolute atomic E-state index is 0.119. The number of allylic oxidation sites excluding steroid dienone is 24. The molecule has 0 amide bonds. The first-order valence-corrected chi connectivity index (χ1v) is 28.4. The Morgan fingerprint density at radius 2 is 0.620 bits per heavy atom. The molecule has 0 bridgehead atoms. The summed E-state index contributed by atoms with van der Waals surface area (Å²) < 4.78 is 16.8. The van der Waals surface area contributed by atoms with Gasteiger partial charge in [0.15, 0.2) is 6.10 Å². The summed E-state index contributed by atoms with van der Waals surface area (Å²) in [6, 6.07) is 0. The molecule has 0 aliphatic rings. The summed E-state index contributed by atoms with van der Waals surface area (Å²) in [5.74, 6) is -1.01. The highest BCUT2D eigenvalue weighted by Gasteiger charge is 2.19. The van der Waals surface area contributed by atoms with Gasteiger partial charge in [-0.1, -0.05) is 250 Å². The lowest BCUT2D eigenvalue weighted by Crippen LogP contribution is -2.30. The number of carbonyl (C=O) groups is 3. The Hall–Kier alpha value is -4.71. The molecular formula is C65H102O6. The minimum atomic E-state index is -0.822. The van der Waals surface area contributed by atoms with E-state index in [2.05, 4.69) is 93.7 Å². The fraction of sp³-hybridized carbons (Fsp3) is 0.585. The van der Waals surface area contributed by atoms with Crippen molar-refractivity contribution < 1.29 is 28.6 Å². The summed E-state index contributed by atoms with van der Waals surface area (Å²) in [7, 11) is 0. The molecule has 0 aromatic rings. The van der Waals surface area contributed by atoms with Gasteiger partial charge in [0.1, 0.15) is 13.2 Å². The second-order valence-electron chi connectivity index (χ2n) is 18.3. The molecule has 0 aliphatic heterocycles. The van der Waals surface area contributed by atoms with Crippen molar-refractivity contribution in [2.24, 2.45) is 0 Å². The number of ether oxygens (including phenoxy) is 3. The highest BCUT2D eigenvalue weighted by Crippen LogP contribution is 2.14. The first kappa shape index (κ1) is 66.3. The monoisotopic (exact) mass is 979 g/mol. The molecule has 0 fully saturated rings. The normalized spacial score (nSPS) is 13.2. The Morgan fingerprint density at radius 1 is 0.310 bits per heavy atom. The van der Waals surface area contributed by atoms with Crippen LogP contribution in [0.4, 0.5) is 0 Å². The summed E-state index contributed by atoms with van der Waals surface area (Å²) in [4.78, 5) is 38.2. The molecule has 0 aromatic carbocycles. The molecule has 1 atom stereocenters. The molecule has 398 valence electrons. The summed E-state index contributed by atoms with van der Waals surface area (Å²) in [6.07, 6.45) is 82.6. The Morgan fingerprint density at radius 3 is 1.06 bits per heavy atom. The van der Waals surface area contributed by atoms with Crippen LogP contribution < -0.4 is 0 Å². The molecule has 0 saturated heterocycles. The molecular weight excluding hydrogens is 877 g/mol. The quantitative estimate of drug-likeness (QED) is 0.0199. The van der Waals surface area contributed by atoms with Crippen LogP contribution in [0.3, 0.4) is 0 Å². The molecule has 1 unspecified atom stereocenters. The highest BCUT2D eigenvalue weighted by atomic mass is 16.6. The van der Waals surface area contributed by atoms with Crippen LogP contribution in [0.2, 0.25) is 0 Å². The molecule has 0 spiro atoms. The van der Waals surface area contributed by atoms with Crippen molar-refractivity contribution in [3.05, 3.63) is 146 Å². The molecule has 0 N–H and O–H groups in total. The Balaban J connectivity index is 4.58. The summed E-state index contributed by atoms with van der Waals surface area (Å²) in [5, 5.41) is 0. The second-order valence-corrected chi connectivity index (χ2v) is 18.3. The van der Waals surface area contributed by atoms with E-state index in [1.807, 2.05) is 72.9 Å². The third-order valence-electron chi connectivity index (χ3n) is 11.5. The van der Waals surface area contributed by atoms with Crippen LogP contribution >= 0.6 is 0 Å². The van der Waals surface area contributed by atoms with Gasteiger partial charge < -0.3 is 14.2 Å². The SMILES string of the molecule is CC\C=C/C=C\C=C/C=C\C=C\C=C/C=C\CCCCCC(=O)OCC(COC(=O)CCCCC/C=C\C/C=C\C/C=C\C/C=C\CC)OC(=O)CCCCCCC/C=C\CCCCCCCCCCC. The van der Waals surface area contributed by atoms with Crippen LogP contribution in [0, 0.1) is 0 Å². The van der Waals surface area contributed by atoms with Gasteiger partial charge in [0.05, 0.1) is 0 Å². The lowest BCUT2D eigenvalue weighted by Gasteiger charge is -2.18. The van der Waals surface area contributed by atoms with Crippen LogP contribution in [0.5, 0.6) is 0 Å². The Labute approximate surface area is 436 Å². The predicted molar refractivity (Wildman–Crippen MR) is 306 cm³/mol. The maximum Gasteiger partial charge on any atom is 0.306 e. The van der Waals surface area contributed by atoms with Gasteiger partial charge in [-0.3, -0.25) is 14.4 Å². The van der Waals surface area contributed by atoms with E-state index in [0.717, 1.165) is 109 Å². The van der Waals surface area contributed by atoms with Crippen molar-refractivity contribution in [3.8, 4) is 0 Å². The first-order valence-electron chi connectivity index (χ1n) is 28.4. The summed E-state index contributed by atoms with van der Waals surface area (Å²) in [6.45, 7) is 6.30. The Kier molecular flexibility index (Phi) is 54.0. The van der Waals surface area contributed by atoms with Crippen molar-refractivity contribution in [1.29, 1.82) is 0 Å². The van der Waals surface area contributed by atoms with Crippen LogP contribution in [-0.2, 0) is 28.6 Å². The van der Waals surface area contributed by atoms with Crippen LogP contribution in [0.15, 0.2) is 146 Å². The molecule has 6 nitrogen and oxygen atoms in total. The maximum absolute atomic E-state index is 12.9. The zero-order chi connectivity index (χ0) is 51.4. The van der Waals surface area contributed by atoms with Crippen molar-refractivity contribution in [1.82, 2.24) is 0 Å². The number of hydrogen-bond donors (Lipinski definition) is 0. The largest absolute Gasteiger partial charge is 0.462 e. The minimum Gasteiger partial charge on any atom is -0.462 e. The number of esters is 3. The average molecular weight is 980 g/mol. The lowest BCUT2D eigenvalue weighted by atomic mass is 10.1. The molecule has 0 aromatic heterocycles. The Bertz CT molecular complexity index is 1590. The van der Waals surface area contributed by atoms with Crippen LogP contribution in [0.25, 0.3) is 0 Å².